The number of hydrogen-bond acceptors (Lipinski definition) is 5. The van der Waals surface area contributed by atoms with E-state index < -0.39 is 28.5 Å². The molecule has 8 nitrogen and oxygen atoms in total. The van der Waals surface area contributed by atoms with Crippen molar-refractivity contribution >= 4 is 39.1 Å². The lowest BCUT2D eigenvalue weighted by Gasteiger charge is -2.32. The van der Waals surface area contributed by atoms with E-state index in [1.54, 1.807) is 61.5 Å². The number of amides is 2. The molecule has 0 aliphatic heterocycles. The maximum Gasteiger partial charge on any atom is 0.264 e. The Kier molecular flexibility index (Phi) is 10.7. The minimum Gasteiger partial charge on any atom is -0.457 e. The molecule has 2 amide bonds. The fourth-order valence-corrected chi connectivity index (χ4v) is 7.10. The summed E-state index contributed by atoms with van der Waals surface area (Å²) in [6.07, 6.45) is 3.89. The van der Waals surface area contributed by atoms with Gasteiger partial charge in [-0.3, -0.25) is 13.9 Å². The number of hydrogen-bond donors (Lipinski definition) is 1. The van der Waals surface area contributed by atoms with E-state index in [1.165, 1.54) is 17.0 Å². The van der Waals surface area contributed by atoms with Gasteiger partial charge in [0.2, 0.25) is 11.8 Å². The minimum absolute atomic E-state index is 0.0453. The topological polar surface area (TPSA) is 96.0 Å². The molecule has 4 aromatic rings. The molecule has 4 aromatic carbocycles. The van der Waals surface area contributed by atoms with Gasteiger partial charge in [0.15, 0.2) is 0 Å². The molecular formula is C36H38ClN3O5S. The van der Waals surface area contributed by atoms with Crippen LogP contribution in [-0.2, 0) is 26.2 Å². The van der Waals surface area contributed by atoms with Gasteiger partial charge < -0.3 is 15.0 Å². The monoisotopic (exact) mass is 659 g/mol. The molecule has 0 aromatic heterocycles. The molecule has 1 aliphatic rings. The van der Waals surface area contributed by atoms with Gasteiger partial charge in [0.1, 0.15) is 24.1 Å². The van der Waals surface area contributed by atoms with E-state index in [9.17, 15) is 18.0 Å². The first-order valence-corrected chi connectivity index (χ1v) is 17.2. The van der Waals surface area contributed by atoms with Gasteiger partial charge in [-0.15, -0.1) is 0 Å². The molecule has 0 heterocycles. The number of rotatable bonds is 12. The number of para-hydroxylation sites is 1. The van der Waals surface area contributed by atoms with E-state index in [0.717, 1.165) is 41.1 Å². The molecule has 0 unspecified atom stereocenters. The van der Waals surface area contributed by atoms with Gasteiger partial charge >= 0.3 is 0 Å². The summed E-state index contributed by atoms with van der Waals surface area (Å²) in [5.41, 5.74) is 1.90. The number of ether oxygens (including phenoxy) is 1. The standard InChI is InChI=1S/C36H38ClN3O5S/c1-26-15-21-34(22-16-26)46(43,44)40(31-17-19-33(20-18-31)45-32-13-4-3-5-14-32)25-35(41)39(24-28-9-8-10-29(37)23-28)27(2)36(42)38-30-11-6-7-12-30/h3-5,8-10,13-23,27,30H,6-7,11-12,24-25H2,1-2H3,(H,38,42)/t27-/m0/s1. The lowest BCUT2D eigenvalue weighted by Crippen LogP contribution is -2.52. The second kappa shape index (κ2) is 14.8. The summed E-state index contributed by atoms with van der Waals surface area (Å²) >= 11 is 6.25. The quantitative estimate of drug-likeness (QED) is 0.175. The number of halogens is 1. The average molecular weight is 660 g/mol. The Morgan fingerprint density at radius 1 is 0.891 bits per heavy atom. The Bertz CT molecular complexity index is 1740. The first-order chi connectivity index (χ1) is 22.1. The SMILES string of the molecule is Cc1ccc(S(=O)(=O)N(CC(=O)N(Cc2cccc(Cl)c2)[C@@H](C)C(=O)NC2CCCC2)c2ccc(Oc3ccccc3)cc2)cc1. The van der Waals surface area contributed by atoms with Crippen molar-refractivity contribution in [1.82, 2.24) is 10.2 Å². The average Bonchev–Trinajstić information content (AvgIpc) is 3.56. The molecule has 46 heavy (non-hydrogen) atoms. The molecule has 1 saturated carbocycles. The van der Waals surface area contributed by atoms with Gasteiger partial charge in [-0.2, -0.15) is 0 Å². The molecule has 1 fully saturated rings. The summed E-state index contributed by atoms with van der Waals surface area (Å²) in [6, 6.07) is 28.5. The van der Waals surface area contributed by atoms with Gasteiger partial charge in [-0.25, -0.2) is 8.42 Å². The third kappa shape index (κ3) is 8.27. The molecule has 1 aliphatic carbocycles. The van der Waals surface area contributed by atoms with Crippen LogP contribution in [0.4, 0.5) is 5.69 Å². The summed E-state index contributed by atoms with van der Waals surface area (Å²) in [5.74, 6) is 0.330. The molecule has 0 radical (unpaired) electrons. The highest BCUT2D eigenvalue weighted by Crippen LogP contribution is 2.29. The van der Waals surface area contributed by atoms with Gasteiger partial charge in [-0.05, 0) is 92.9 Å². The third-order valence-corrected chi connectivity index (χ3v) is 10.1. The number of benzene rings is 4. The number of carbonyl (C=O) groups excluding carboxylic acids is 2. The normalized spacial score (nSPS) is 14.0. The number of carbonyl (C=O) groups is 2. The van der Waals surface area contributed by atoms with Gasteiger partial charge in [0.25, 0.3) is 10.0 Å². The van der Waals surface area contributed by atoms with Crippen LogP contribution in [0.5, 0.6) is 11.5 Å². The van der Waals surface area contributed by atoms with Gasteiger partial charge in [0.05, 0.1) is 10.6 Å². The number of nitrogens with one attached hydrogen (secondary N) is 1. The maximum atomic E-state index is 14.2. The zero-order valence-electron chi connectivity index (χ0n) is 25.9. The van der Waals surface area contributed by atoms with Crippen LogP contribution in [0, 0.1) is 6.92 Å². The van der Waals surface area contributed by atoms with Crippen molar-refractivity contribution in [3.05, 3.63) is 119 Å². The molecule has 1 atom stereocenters. The first kappa shape index (κ1) is 33.0. The van der Waals surface area contributed by atoms with Crippen LogP contribution in [0.1, 0.15) is 43.7 Å². The summed E-state index contributed by atoms with van der Waals surface area (Å²) in [4.78, 5) is 29.1. The number of nitrogens with zero attached hydrogens (tertiary/aromatic N) is 2. The lowest BCUT2D eigenvalue weighted by molar-refractivity contribution is -0.139. The van der Waals surface area contributed by atoms with Crippen molar-refractivity contribution in [2.75, 3.05) is 10.8 Å². The summed E-state index contributed by atoms with van der Waals surface area (Å²) in [6.45, 7) is 3.08. The summed E-state index contributed by atoms with van der Waals surface area (Å²) in [7, 11) is -4.19. The van der Waals surface area contributed by atoms with Crippen LogP contribution in [0.2, 0.25) is 5.02 Å². The molecule has 5 rings (SSSR count). The van der Waals surface area contributed by atoms with Gasteiger partial charge in [0, 0.05) is 17.6 Å². The van der Waals surface area contributed by atoms with Crippen LogP contribution < -0.4 is 14.4 Å². The zero-order chi connectivity index (χ0) is 32.7. The number of aryl methyl sites for hydroxylation is 1. The largest absolute Gasteiger partial charge is 0.457 e. The fourth-order valence-electron chi connectivity index (χ4n) is 5.48. The lowest BCUT2D eigenvalue weighted by atomic mass is 10.1. The van der Waals surface area contributed by atoms with Crippen molar-refractivity contribution in [1.29, 1.82) is 0 Å². The van der Waals surface area contributed by atoms with E-state index >= 15 is 0 Å². The highest BCUT2D eigenvalue weighted by molar-refractivity contribution is 7.92. The highest BCUT2D eigenvalue weighted by Gasteiger charge is 2.33. The molecule has 10 heteroatoms. The van der Waals surface area contributed by atoms with E-state index in [0.29, 0.717) is 16.5 Å². The predicted octanol–water partition coefficient (Wildman–Crippen LogP) is 7.11. The summed E-state index contributed by atoms with van der Waals surface area (Å²) < 4.78 is 35.3. The molecule has 0 spiro atoms. The minimum atomic E-state index is -4.19. The molecule has 0 saturated heterocycles. The van der Waals surface area contributed by atoms with Gasteiger partial charge in [-0.1, -0.05) is 72.5 Å². The molecule has 0 bridgehead atoms. The van der Waals surface area contributed by atoms with Crippen molar-refractivity contribution in [2.45, 2.75) is 63.1 Å². The van der Waals surface area contributed by atoms with Crippen LogP contribution in [0.3, 0.4) is 0 Å². The van der Waals surface area contributed by atoms with E-state index in [-0.39, 0.29) is 29.1 Å². The van der Waals surface area contributed by atoms with Crippen LogP contribution >= 0.6 is 11.6 Å². The second-order valence-electron chi connectivity index (χ2n) is 11.6. The fraction of sp³-hybridized carbons (Fsp3) is 0.278. The van der Waals surface area contributed by atoms with Crippen LogP contribution in [0.25, 0.3) is 0 Å². The van der Waals surface area contributed by atoms with Crippen LogP contribution in [0.15, 0.2) is 108 Å². The van der Waals surface area contributed by atoms with Crippen molar-refractivity contribution < 1.29 is 22.7 Å². The molecule has 240 valence electrons. The number of sulfonamides is 1. The zero-order valence-corrected chi connectivity index (χ0v) is 27.5. The second-order valence-corrected chi connectivity index (χ2v) is 13.8. The smallest absolute Gasteiger partial charge is 0.264 e. The number of anilines is 1. The first-order valence-electron chi connectivity index (χ1n) is 15.4. The van der Waals surface area contributed by atoms with E-state index in [2.05, 4.69) is 5.32 Å². The summed E-state index contributed by atoms with van der Waals surface area (Å²) in [5, 5.41) is 3.57. The Hall–Kier alpha value is -4.34. The Morgan fingerprint density at radius 2 is 1.54 bits per heavy atom. The Balaban J connectivity index is 1.47. The van der Waals surface area contributed by atoms with Crippen molar-refractivity contribution in [3.63, 3.8) is 0 Å². The van der Waals surface area contributed by atoms with Crippen molar-refractivity contribution in [2.24, 2.45) is 0 Å². The predicted molar refractivity (Wildman–Crippen MR) is 181 cm³/mol. The van der Waals surface area contributed by atoms with E-state index in [1.807, 2.05) is 43.3 Å². The Labute approximate surface area is 276 Å². The molecular weight excluding hydrogens is 622 g/mol. The van der Waals surface area contributed by atoms with Crippen LogP contribution in [-0.4, -0.2) is 43.8 Å². The Morgan fingerprint density at radius 3 is 2.20 bits per heavy atom. The van der Waals surface area contributed by atoms with Crippen molar-refractivity contribution in [3.8, 4) is 11.5 Å². The molecule has 1 N–H and O–H groups in total. The maximum absolute atomic E-state index is 14.2. The third-order valence-electron chi connectivity index (χ3n) is 8.10. The van der Waals surface area contributed by atoms with E-state index in [4.69, 9.17) is 16.3 Å². The highest BCUT2D eigenvalue weighted by atomic mass is 35.5.